The number of aromatic nitrogens is 2. The van der Waals surface area contributed by atoms with Crippen molar-refractivity contribution in [2.75, 3.05) is 0 Å². The Morgan fingerprint density at radius 3 is 2.70 bits per heavy atom. The number of aryl methyl sites for hydroxylation is 3. The van der Waals surface area contributed by atoms with Crippen molar-refractivity contribution in [2.24, 2.45) is 7.05 Å². The summed E-state index contributed by atoms with van der Waals surface area (Å²) in [6.07, 6.45) is 0.375. The van der Waals surface area contributed by atoms with E-state index in [0.717, 1.165) is 34.7 Å². The van der Waals surface area contributed by atoms with Crippen molar-refractivity contribution in [3.8, 4) is 5.75 Å². The van der Waals surface area contributed by atoms with E-state index in [2.05, 4.69) is 18.1 Å². The molecule has 0 saturated carbocycles. The molecule has 2 aromatic rings. The number of aliphatic hydroxyl groups excluding tert-OH is 1. The van der Waals surface area contributed by atoms with Crippen LogP contribution in [-0.4, -0.2) is 14.9 Å². The average molecular weight is 274 g/mol. The molecule has 0 bridgehead atoms. The molecule has 0 aliphatic heterocycles. The van der Waals surface area contributed by atoms with Crippen LogP contribution in [0.2, 0.25) is 0 Å². The molecule has 1 N–H and O–H groups in total. The molecule has 1 atom stereocenters. The van der Waals surface area contributed by atoms with Crippen LogP contribution in [0, 0.1) is 6.92 Å². The van der Waals surface area contributed by atoms with Crippen LogP contribution >= 0.6 is 0 Å². The molecule has 2 rings (SSSR count). The molecule has 0 fully saturated rings. The fraction of sp³-hybridized carbons (Fsp3) is 0.438. The van der Waals surface area contributed by atoms with Crippen LogP contribution in [0.1, 0.15) is 42.5 Å². The molecule has 0 saturated heterocycles. The highest BCUT2D eigenvalue weighted by Gasteiger charge is 2.11. The minimum absolute atomic E-state index is 0.451. The van der Waals surface area contributed by atoms with E-state index in [1.54, 1.807) is 6.92 Å². The van der Waals surface area contributed by atoms with Gasteiger partial charge < -0.3 is 9.84 Å². The predicted molar refractivity (Wildman–Crippen MR) is 78.7 cm³/mol. The van der Waals surface area contributed by atoms with Crippen LogP contribution in [0.5, 0.6) is 5.75 Å². The van der Waals surface area contributed by atoms with Crippen LogP contribution in [0.3, 0.4) is 0 Å². The van der Waals surface area contributed by atoms with Crippen molar-refractivity contribution < 1.29 is 9.84 Å². The van der Waals surface area contributed by atoms with Crippen LogP contribution < -0.4 is 4.74 Å². The first-order valence-corrected chi connectivity index (χ1v) is 6.94. The summed E-state index contributed by atoms with van der Waals surface area (Å²) < 4.78 is 7.73. The third-order valence-corrected chi connectivity index (χ3v) is 3.38. The van der Waals surface area contributed by atoms with E-state index in [-0.39, 0.29) is 0 Å². The average Bonchev–Trinajstić information content (AvgIpc) is 2.76. The Balaban J connectivity index is 2.17. The van der Waals surface area contributed by atoms with E-state index in [9.17, 15) is 5.11 Å². The quantitative estimate of drug-likeness (QED) is 0.912. The van der Waals surface area contributed by atoms with Crippen LogP contribution in [0.15, 0.2) is 24.3 Å². The number of hydrogen-bond donors (Lipinski definition) is 1. The smallest absolute Gasteiger partial charge is 0.130 e. The molecule has 0 aliphatic carbocycles. The number of nitrogens with zero attached hydrogens (tertiary/aromatic N) is 2. The fourth-order valence-electron chi connectivity index (χ4n) is 2.14. The molecule has 1 aromatic heterocycles. The van der Waals surface area contributed by atoms with E-state index in [1.807, 2.05) is 36.9 Å². The third kappa shape index (κ3) is 3.20. The van der Waals surface area contributed by atoms with Gasteiger partial charge in [-0.05, 0) is 38.0 Å². The molecule has 108 valence electrons. The van der Waals surface area contributed by atoms with Crippen molar-refractivity contribution >= 4 is 0 Å². The summed E-state index contributed by atoms with van der Waals surface area (Å²) in [5.74, 6) is 0.735. The Labute approximate surface area is 120 Å². The second-order valence-electron chi connectivity index (χ2n) is 5.11. The molecular formula is C16H22N2O2. The molecule has 0 spiro atoms. The summed E-state index contributed by atoms with van der Waals surface area (Å²) in [7, 11) is 1.92. The van der Waals surface area contributed by atoms with Crippen molar-refractivity contribution in [3.63, 3.8) is 0 Å². The Morgan fingerprint density at radius 2 is 2.10 bits per heavy atom. The van der Waals surface area contributed by atoms with Gasteiger partial charge in [-0.25, -0.2) is 0 Å². The SMILES string of the molecule is CCc1cc(COc2cc(C)ccc2[C@@H](C)O)n(C)n1. The monoisotopic (exact) mass is 274 g/mol. The van der Waals surface area contributed by atoms with Crippen molar-refractivity contribution in [3.05, 3.63) is 46.8 Å². The van der Waals surface area contributed by atoms with Crippen molar-refractivity contribution in [2.45, 2.75) is 39.9 Å². The molecule has 4 nitrogen and oxygen atoms in total. The Hall–Kier alpha value is -1.81. The van der Waals surface area contributed by atoms with Gasteiger partial charge in [-0.15, -0.1) is 0 Å². The molecule has 20 heavy (non-hydrogen) atoms. The van der Waals surface area contributed by atoms with E-state index in [0.29, 0.717) is 6.61 Å². The van der Waals surface area contributed by atoms with Crippen molar-refractivity contribution in [1.82, 2.24) is 9.78 Å². The minimum atomic E-state index is -0.539. The van der Waals surface area contributed by atoms with E-state index in [4.69, 9.17) is 4.74 Å². The third-order valence-electron chi connectivity index (χ3n) is 3.38. The zero-order valence-electron chi connectivity index (χ0n) is 12.6. The van der Waals surface area contributed by atoms with Crippen LogP contribution in [-0.2, 0) is 20.1 Å². The van der Waals surface area contributed by atoms with Gasteiger partial charge in [-0.1, -0.05) is 19.1 Å². The Bertz CT molecular complexity index is 588. The lowest BCUT2D eigenvalue weighted by molar-refractivity contribution is 0.189. The number of ether oxygens (including phenoxy) is 1. The van der Waals surface area contributed by atoms with E-state index in [1.165, 1.54) is 0 Å². The van der Waals surface area contributed by atoms with Gasteiger partial charge >= 0.3 is 0 Å². The minimum Gasteiger partial charge on any atom is -0.487 e. The largest absolute Gasteiger partial charge is 0.487 e. The zero-order valence-corrected chi connectivity index (χ0v) is 12.6. The lowest BCUT2D eigenvalue weighted by atomic mass is 10.1. The predicted octanol–water partition coefficient (Wildman–Crippen LogP) is 2.92. The van der Waals surface area contributed by atoms with Gasteiger partial charge in [0.2, 0.25) is 0 Å². The maximum Gasteiger partial charge on any atom is 0.130 e. The summed E-state index contributed by atoms with van der Waals surface area (Å²) in [5, 5.41) is 14.2. The maximum absolute atomic E-state index is 9.79. The number of rotatable bonds is 5. The highest BCUT2D eigenvalue weighted by molar-refractivity contribution is 5.38. The van der Waals surface area contributed by atoms with Crippen molar-refractivity contribution in [1.29, 1.82) is 0 Å². The topological polar surface area (TPSA) is 47.3 Å². The molecule has 0 amide bonds. The first-order chi connectivity index (χ1) is 9.51. The Kier molecular flexibility index (Phi) is 4.45. The Morgan fingerprint density at radius 1 is 1.35 bits per heavy atom. The van der Waals surface area contributed by atoms with Crippen LogP contribution in [0.4, 0.5) is 0 Å². The number of aliphatic hydroxyl groups is 1. The maximum atomic E-state index is 9.79. The summed E-state index contributed by atoms with van der Waals surface area (Å²) in [5.41, 5.74) is 4.02. The first-order valence-electron chi connectivity index (χ1n) is 6.94. The summed E-state index contributed by atoms with van der Waals surface area (Å²) >= 11 is 0. The lowest BCUT2D eigenvalue weighted by Crippen LogP contribution is -2.05. The molecule has 0 unspecified atom stereocenters. The molecule has 1 aromatic carbocycles. The zero-order chi connectivity index (χ0) is 14.7. The van der Waals surface area contributed by atoms with Gasteiger partial charge in [0.05, 0.1) is 17.5 Å². The number of hydrogen-bond acceptors (Lipinski definition) is 3. The molecule has 0 radical (unpaired) electrons. The summed E-state index contributed by atoms with van der Waals surface area (Å²) in [6.45, 7) is 6.29. The van der Waals surface area contributed by atoms with Crippen LogP contribution in [0.25, 0.3) is 0 Å². The van der Waals surface area contributed by atoms with E-state index >= 15 is 0 Å². The highest BCUT2D eigenvalue weighted by atomic mass is 16.5. The van der Waals surface area contributed by atoms with Gasteiger partial charge in [-0.3, -0.25) is 4.68 Å². The van der Waals surface area contributed by atoms with Gasteiger partial charge in [0.25, 0.3) is 0 Å². The fourth-order valence-corrected chi connectivity index (χ4v) is 2.14. The second kappa shape index (κ2) is 6.09. The lowest BCUT2D eigenvalue weighted by Gasteiger charge is -2.14. The highest BCUT2D eigenvalue weighted by Crippen LogP contribution is 2.27. The normalized spacial score (nSPS) is 12.4. The first kappa shape index (κ1) is 14.6. The van der Waals surface area contributed by atoms with Gasteiger partial charge in [0.15, 0.2) is 0 Å². The summed E-state index contributed by atoms with van der Waals surface area (Å²) in [4.78, 5) is 0. The molecule has 4 heteroatoms. The standard InChI is InChI=1S/C16H22N2O2/c1-5-13-9-14(18(4)17-13)10-20-16-8-11(2)6-7-15(16)12(3)19/h6-9,12,19H,5,10H2,1-4H3/t12-/m1/s1. The van der Waals surface area contributed by atoms with Gasteiger partial charge in [-0.2, -0.15) is 5.10 Å². The summed E-state index contributed by atoms with van der Waals surface area (Å²) in [6, 6.07) is 7.90. The van der Waals surface area contributed by atoms with E-state index < -0.39 is 6.10 Å². The second-order valence-corrected chi connectivity index (χ2v) is 5.11. The molecular weight excluding hydrogens is 252 g/mol. The molecule has 1 heterocycles. The van der Waals surface area contributed by atoms with Gasteiger partial charge in [0, 0.05) is 12.6 Å². The number of benzene rings is 1. The molecule has 0 aliphatic rings. The van der Waals surface area contributed by atoms with Gasteiger partial charge in [0.1, 0.15) is 12.4 Å².